The summed E-state index contributed by atoms with van der Waals surface area (Å²) in [6, 6.07) is 1.43. The molecule has 1 aliphatic carbocycles. The van der Waals surface area contributed by atoms with Gasteiger partial charge in [0.25, 0.3) is 0 Å². The fourth-order valence-electron chi connectivity index (χ4n) is 5.54. The van der Waals surface area contributed by atoms with E-state index in [-0.39, 0.29) is 51.5 Å². The van der Waals surface area contributed by atoms with Crippen LogP contribution in [0.3, 0.4) is 0 Å². The SMILES string of the molecule is CC(=O)N1CCC[C@@H](Nc2ncc3nc(Nc4c(Cl)cc(C(F)(F)F)cc4Cl)n(C4CCC(C(N)=O)CC4)c3n2)C1. The number of fused-ring (bicyclic) bond motifs is 1. The lowest BCUT2D eigenvalue weighted by atomic mass is 9.85. The molecule has 2 aliphatic rings. The average Bonchev–Trinajstić information content (AvgIpc) is 3.27. The van der Waals surface area contributed by atoms with Crippen molar-refractivity contribution in [1.29, 1.82) is 0 Å². The molecule has 220 valence electrons. The molecule has 1 aromatic carbocycles. The number of hydrogen-bond acceptors (Lipinski definition) is 7. The van der Waals surface area contributed by atoms with E-state index in [0.717, 1.165) is 25.0 Å². The lowest BCUT2D eigenvalue weighted by Crippen LogP contribution is -2.44. The largest absolute Gasteiger partial charge is 0.416 e. The quantitative estimate of drug-likeness (QED) is 0.333. The molecule has 0 bridgehead atoms. The van der Waals surface area contributed by atoms with Crippen LogP contribution in [0.4, 0.5) is 30.8 Å². The summed E-state index contributed by atoms with van der Waals surface area (Å²) in [6.45, 7) is 2.78. The maximum Gasteiger partial charge on any atom is 0.416 e. The number of rotatable bonds is 6. The van der Waals surface area contributed by atoms with Crippen LogP contribution in [0.5, 0.6) is 0 Å². The van der Waals surface area contributed by atoms with Crippen molar-refractivity contribution in [1.82, 2.24) is 24.4 Å². The molecule has 2 aromatic heterocycles. The molecule has 3 heterocycles. The number of aromatic nitrogens is 4. The highest BCUT2D eigenvalue weighted by atomic mass is 35.5. The number of anilines is 3. The fraction of sp³-hybridized carbons (Fsp3) is 0.500. The minimum atomic E-state index is -4.61. The number of nitrogens with two attached hydrogens (primary N) is 1. The molecular weight excluding hydrogens is 584 g/mol. The van der Waals surface area contributed by atoms with Crippen LogP contribution in [-0.2, 0) is 15.8 Å². The highest BCUT2D eigenvalue weighted by Crippen LogP contribution is 2.42. The maximum absolute atomic E-state index is 13.3. The molecule has 0 spiro atoms. The van der Waals surface area contributed by atoms with Gasteiger partial charge in [0.15, 0.2) is 5.65 Å². The zero-order valence-corrected chi connectivity index (χ0v) is 23.7. The van der Waals surface area contributed by atoms with Crippen LogP contribution < -0.4 is 16.4 Å². The van der Waals surface area contributed by atoms with Crippen molar-refractivity contribution in [2.24, 2.45) is 11.7 Å². The molecule has 4 N–H and O–H groups in total. The molecule has 41 heavy (non-hydrogen) atoms. The predicted octanol–water partition coefficient (Wildman–Crippen LogP) is 5.53. The minimum Gasteiger partial charge on any atom is -0.369 e. The minimum absolute atomic E-state index is 0.00816. The van der Waals surface area contributed by atoms with Gasteiger partial charge in [-0.3, -0.25) is 14.2 Å². The molecule has 1 atom stereocenters. The fourth-order valence-corrected chi connectivity index (χ4v) is 6.13. The molecule has 15 heteroatoms. The summed E-state index contributed by atoms with van der Waals surface area (Å²) in [5, 5.41) is 5.90. The number of alkyl halides is 3. The number of benzene rings is 1. The molecule has 1 aliphatic heterocycles. The van der Waals surface area contributed by atoms with Gasteiger partial charge in [0.1, 0.15) is 5.52 Å². The summed E-state index contributed by atoms with van der Waals surface area (Å²) in [5.41, 5.74) is 5.58. The number of piperidine rings is 1. The molecule has 2 fully saturated rings. The topological polar surface area (TPSA) is 131 Å². The van der Waals surface area contributed by atoms with Crippen LogP contribution in [0.25, 0.3) is 11.2 Å². The molecule has 0 unspecified atom stereocenters. The van der Waals surface area contributed by atoms with Gasteiger partial charge in [-0.2, -0.15) is 18.2 Å². The number of hydrogen-bond donors (Lipinski definition) is 3. The van der Waals surface area contributed by atoms with Crippen molar-refractivity contribution in [3.63, 3.8) is 0 Å². The van der Waals surface area contributed by atoms with Crippen molar-refractivity contribution < 1.29 is 22.8 Å². The number of nitrogens with zero attached hydrogens (tertiary/aromatic N) is 5. The Balaban J connectivity index is 1.51. The Morgan fingerprint density at radius 3 is 2.37 bits per heavy atom. The molecule has 1 saturated heterocycles. The molecule has 0 radical (unpaired) electrons. The van der Waals surface area contributed by atoms with E-state index in [1.54, 1.807) is 18.0 Å². The summed E-state index contributed by atoms with van der Waals surface area (Å²) in [6.07, 6.45) is 0.985. The Bertz CT molecular complexity index is 1450. The Labute approximate surface area is 243 Å². The highest BCUT2D eigenvalue weighted by molar-refractivity contribution is 6.39. The smallest absolute Gasteiger partial charge is 0.369 e. The summed E-state index contributed by atoms with van der Waals surface area (Å²) >= 11 is 12.5. The van der Waals surface area contributed by atoms with Crippen molar-refractivity contribution in [2.75, 3.05) is 23.7 Å². The normalized spacial score (nSPS) is 21.6. The summed E-state index contributed by atoms with van der Waals surface area (Å²) in [4.78, 5) is 39.2. The lowest BCUT2D eigenvalue weighted by Gasteiger charge is -2.32. The van der Waals surface area contributed by atoms with Gasteiger partial charge < -0.3 is 21.3 Å². The van der Waals surface area contributed by atoms with E-state index in [9.17, 15) is 22.8 Å². The molecule has 10 nitrogen and oxygen atoms in total. The first-order valence-electron chi connectivity index (χ1n) is 13.3. The molecule has 1 saturated carbocycles. The zero-order chi connectivity index (χ0) is 29.5. The number of carbonyl (C=O) groups excluding carboxylic acids is 2. The van der Waals surface area contributed by atoms with Crippen molar-refractivity contribution in [3.05, 3.63) is 33.9 Å². The van der Waals surface area contributed by atoms with Crippen molar-refractivity contribution in [2.45, 2.75) is 63.7 Å². The van der Waals surface area contributed by atoms with Crippen LogP contribution in [-0.4, -0.2) is 55.4 Å². The maximum atomic E-state index is 13.3. The van der Waals surface area contributed by atoms with Gasteiger partial charge in [-0.15, -0.1) is 0 Å². The van der Waals surface area contributed by atoms with Crippen LogP contribution in [0.2, 0.25) is 10.0 Å². The summed E-state index contributed by atoms with van der Waals surface area (Å²) in [7, 11) is 0. The van der Waals surface area contributed by atoms with Gasteiger partial charge >= 0.3 is 6.18 Å². The van der Waals surface area contributed by atoms with E-state index >= 15 is 0 Å². The van der Waals surface area contributed by atoms with E-state index in [1.807, 2.05) is 4.57 Å². The summed E-state index contributed by atoms with van der Waals surface area (Å²) in [5.74, 6) is 0.0592. The number of primary amides is 1. The number of halogens is 5. The number of nitrogens with one attached hydrogen (secondary N) is 2. The highest BCUT2D eigenvalue weighted by Gasteiger charge is 2.33. The van der Waals surface area contributed by atoms with E-state index in [2.05, 4.69) is 20.6 Å². The number of carbonyl (C=O) groups is 2. The Hall–Kier alpha value is -3.32. The predicted molar refractivity (Wildman–Crippen MR) is 149 cm³/mol. The van der Waals surface area contributed by atoms with E-state index in [1.165, 1.54) is 0 Å². The number of amides is 2. The van der Waals surface area contributed by atoms with Gasteiger partial charge in [-0.1, -0.05) is 23.2 Å². The third kappa shape index (κ3) is 6.30. The standard InChI is InChI=1S/C26H29Cl2F3N8O2/c1-13(40)38-8-2-3-16(12-38)34-24-33-11-20-23(37-24)39(17-6-4-14(5-7-17)22(32)41)25(35-20)36-21-18(27)9-15(10-19(21)28)26(29,30)31/h9-11,14,16-17H,2-8,12H2,1H3,(H2,32,41)(H,35,36)(H,33,34,37)/t14?,16-,17?/m1/s1. The monoisotopic (exact) mass is 612 g/mol. The molecule has 5 rings (SSSR count). The van der Waals surface area contributed by atoms with Gasteiger partial charge in [0, 0.05) is 38.0 Å². The lowest BCUT2D eigenvalue weighted by molar-refractivity contribution is -0.137. The molecular formula is C26H29Cl2F3N8O2. The van der Waals surface area contributed by atoms with Gasteiger partial charge in [0.05, 0.1) is 27.5 Å². The van der Waals surface area contributed by atoms with Crippen molar-refractivity contribution in [3.8, 4) is 0 Å². The number of imidazole rings is 1. The van der Waals surface area contributed by atoms with E-state index in [0.29, 0.717) is 55.9 Å². The first-order valence-corrected chi connectivity index (χ1v) is 14.1. The first kappa shape index (κ1) is 29.2. The molecule has 2 amide bonds. The Kier molecular flexibility index (Phi) is 8.20. The van der Waals surface area contributed by atoms with Gasteiger partial charge in [-0.25, -0.2) is 9.97 Å². The number of likely N-dealkylation sites (tertiary alicyclic amines) is 1. The van der Waals surface area contributed by atoms with Crippen LogP contribution in [0.15, 0.2) is 18.3 Å². The second-order valence-electron chi connectivity index (χ2n) is 10.5. The summed E-state index contributed by atoms with van der Waals surface area (Å²) < 4.78 is 41.7. The molecule has 3 aromatic rings. The van der Waals surface area contributed by atoms with Gasteiger partial charge in [0.2, 0.25) is 23.7 Å². The Morgan fingerprint density at radius 1 is 1.07 bits per heavy atom. The third-order valence-corrected chi connectivity index (χ3v) is 8.30. The van der Waals surface area contributed by atoms with Crippen LogP contribution >= 0.6 is 23.2 Å². The van der Waals surface area contributed by atoms with Gasteiger partial charge in [-0.05, 0) is 50.7 Å². The van der Waals surface area contributed by atoms with Crippen LogP contribution in [0.1, 0.15) is 57.1 Å². The van der Waals surface area contributed by atoms with Crippen molar-refractivity contribution >= 4 is 63.8 Å². The third-order valence-electron chi connectivity index (χ3n) is 7.70. The van der Waals surface area contributed by atoms with E-state index in [4.69, 9.17) is 33.9 Å². The van der Waals surface area contributed by atoms with Crippen LogP contribution in [0, 0.1) is 5.92 Å². The average molecular weight is 613 g/mol. The zero-order valence-electron chi connectivity index (χ0n) is 22.1. The Morgan fingerprint density at radius 2 is 1.76 bits per heavy atom. The second-order valence-corrected chi connectivity index (χ2v) is 11.3. The van der Waals surface area contributed by atoms with E-state index < -0.39 is 11.7 Å². The first-order chi connectivity index (χ1) is 19.4. The second kappa shape index (κ2) is 11.5.